The molecule has 1 amide bonds. The number of carbonyl (C=O) groups is 1. The van der Waals surface area contributed by atoms with Crippen molar-refractivity contribution in [2.24, 2.45) is 0 Å². The van der Waals surface area contributed by atoms with Crippen LogP contribution in [-0.2, 0) is 11.0 Å². The molecule has 1 aliphatic rings. The zero-order chi connectivity index (χ0) is 23.2. The lowest BCUT2D eigenvalue weighted by atomic mass is 10.0. The normalized spacial score (nSPS) is 15.0. The molecule has 1 aliphatic heterocycles. The van der Waals surface area contributed by atoms with E-state index < -0.39 is 11.7 Å². The van der Waals surface area contributed by atoms with E-state index >= 15 is 0 Å². The molecule has 1 fully saturated rings. The lowest BCUT2D eigenvalue weighted by molar-refractivity contribution is -0.137. The number of imidazole rings is 1. The van der Waals surface area contributed by atoms with E-state index in [-0.39, 0.29) is 41.5 Å². The largest absolute Gasteiger partial charge is 0.507 e. The van der Waals surface area contributed by atoms with Crippen molar-refractivity contribution in [3.8, 4) is 17.1 Å². The fraction of sp³-hybridized carbons (Fsp3) is 0.391. The summed E-state index contributed by atoms with van der Waals surface area (Å²) in [5.41, 5.74) is 2.17. The van der Waals surface area contributed by atoms with Gasteiger partial charge in [0.1, 0.15) is 17.5 Å². The first kappa shape index (κ1) is 25.2. The smallest absolute Gasteiger partial charge is 0.416 e. The molecule has 1 saturated heterocycles. The molecule has 33 heavy (non-hydrogen) atoms. The zero-order valence-corrected chi connectivity index (χ0v) is 19.7. The number of likely N-dealkylation sites (tertiary alicyclic amines) is 1. The van der Waals surface area contributed by atoms with E-state index in [1.54, 1.807) is 30.9 Å². The Morgan fingerprint density at radius 1 is 1.15 bits per heavy atom. The standard InChI is InChI=1S/C23H23ClF3N3O2.ClH/c1-13-9-15(10-14(2)21(13)32)22-28-18-11-16(23(25,26)27)3-4-19(18)30(22)17-5-7-29(8-6-17)20(31)12-24;/h3-4,9-11,17,32H,5-8,12H2,1-2H3;1H. The Kier molecular flexibility index (Phi) is 7.19. The average Bonchev–Trinajstić information content (AvgIpc) is 3.15. The van der Waals surface area contributed by atoms with E-state index in [9.17, 15) is 23.1 Å². The molecule has 4 rings (SSSR count). The second kappa shape index (κ2) is 9.43. The molecule has 2 aromatic carbocycles. The second-order valence-corrected chi connectivity index (χ2v) is 8.48. The molecule has 0 saturated carbocycles. The quantitative estimate of drug-likeness (QED) is 0.456. The molecular weight excluding hydrogens is 478 g/mol. The molecule has 0 atom stereocenters. The second-order valence-electron chi connectivity index (χ2n) is 8.21. The average molecular weight is 502 g/mol. The topological polar surface area (TPSA) is 58.4 Å². The molecule has 1 aromatic heterocycles. The van der Waals surface area contributed by atoms with Gasteiger partial charge in [0.25, 0.3) is 0 Å². The van der Waals surface area contributed by atoms with E-state index in [1.807, 2.05) is 4.57 Å². The lowest BCUT2D eigenvalue weighted by Crippen LogP contribution is -2.39. The summed E-state index contributed by atoms with van der Waals surface area (Å²) in [7, 11) is 0. The van der Waals surface area contributed by atoms with Crippen LogP contribution in [0.5, 0.6) is 5.75 Å². The molecule has 178 valence electrons. The number of aromatic nitrogens is 2. The fourth-order valence-electron chi connectivity index (χ4n) is 4.39. The first-order valence-electron chi connectivity index (χ1n) is 10.3. The van der Waals surface area contributed by atoms with Crippen molar-refractivity contribution in [1.82, 2.24) is 14.5 Å². The number of halogens is 5. The van der Waals surface area contributed by atoms with Gasteiger partial charge in [-0.25, -0.2) is 4.98 Å². The number of aromatic hydroxyl groups is 1. The maximum Gasteiger partial charge on any atom is 0.416 e. The highest BCUT2D eigenvalue weighted by Gasteiger charge is 2.32. The molecule has 0 radical (unpaired) electrons. The van der Waals surface area contributed by atoms with Crippen LogP contribution < -0.4 is 0 Å². The van der Waals surface area contributed by atoms with Gasteiger partial charge in [0.15, 0.2) is 0 Å². The Morgan fingerprint density at radius 3 is 2.30 bits per heavy atom. The Labute approximate surface area is 200 Å². The van der Waals surface area contributed by atoms with Crippen LogP contribution in [0, 0.1) is 13.8 Å². The highest BCUT2D eigenvalue weighted by Crippen LogP contribution is 2.38. The fourth-order valence-corrected chi connectivity index (χ4v) is 4.56. The number of alkyl halides is 4. The summed E-state index contributed by atoms with van der Waals surface area (Å²) in [5.74, 6) is 0.535. The zero-order valence-electron chi connectivity index (χ0n) is 18.1. The highest BCUT2D eigenvalue weighted by atomic mass is 35.5. The van der Waals surface area contributed by atoms with Gasteiger partial charge in [0, 0.05) is 24.7 Å². The summed E-state index contributed by atoms with van der Waals surface area (Å²) in [4.78, 5) is 18.2. The van der Waals surface area contributed by atoms with Gasteiger partial charge < -0.3 is 14.6 Å². The van der Waals surface area contributed by atoms with Crippen molar-refractivity contribution in [2.45, 2.75) is 38.9 Å². The van der Waals surface area contributed by atoms with E-state index in [1.165, 1.54) is 6.07 Å². The highest BCUT2D eigenvalue weighted by molar-refractivity contribution is 6.27. The van der Waals surface area contributed by atoms with Gasteiger partial charge in [-0.15, -0.1) is 24.0 Å². The van der Waals surface area contributed by atoms with Crippen LogP contribution >= 0.6 is 24.0 Å². The monoisotopic (exact) mass is 501 g/mol. The van der Waals surface area contributed by atoms with E-state index in [4.69, 9.17) is 11.6 Å². The number of fused-ring (bicyclic) bond motifs is 1. The number of hydrogen-bond acceptors (Lipinski definition) is 3. The molecule has 1 N–H and O–H groups in total. The number of carbonyl (C=O) groups excluding carboxylic acids is 1. The third-order valence-corrected chi connectivity index (χ3v) is 6.29. The SMILES string of the molecule is Cc1cc(-c2nc3cc(C(F)(F)F)ccc3n2C2CCN(C(=O)CCl)CC2)cc(C)c1O.Cl. The number of phenols is 1. The first-order valence-corrected chi connectivity index (χ1v) is 10.9. The molecule has 0 bridgehead atoms. The number of hydrogen-bond donors (Lipinski definition) is 1. The van der Waals surface area contributed by atoms with Gasteiger partial charge in [-0.2, -0.15) is 13.2 Å². The summed E-state index contributed by atoms with van der Waals surface area (Å²) < 4.78 is 41.9. The van der Waals surface area contributed by atoms with Crippen molar-refractivity contribution in [1.29, 1.82) is 0 Å². The molecule has 0 spiro atoms. The van der Waals surface area contributed by atoms with Crippen LogP contribution in [0.25, 0.3) is 22.4 Å². The lowest BCUT2D eigenvalue weighted by Gasteiger charge is -2.33. The number of benzene rings is 2. The van der Waals surface area contributed by atoms with Crippen LogP contribution in [0.2, 0.25) is 0 Å². The minimum absolute atomic E-state index is 0. The van der Waals surface area contributed by atoms with Gasteiger partial charge in [0.2, 0.25) is 5.91 Å². The minimum atomic E-state index is -4.46. The molecule has 2 heterocycles. The van der Waals surface area contributed by atoms with Gasteiger partial charge in [0.05, 0.1) is 16.6 Å². The maximum absolute atomic E-state index is 13.3. The number of aryl methyl sites for hydroxylation is 2. The van der Waals surface area contributed by atoms with Gasteiger partial charge in [-0.1, -0.05) is 0 Å². The van der Waals surface area contributed by atoms with Crippen molar-refractivity contribution in [2.75, 3.05) is 19.0 Å². The van der Waals surface area contributed by atoms with Crippen LogP contribution in [0.4, 0.5) is 13.2 Å². The number of amides is 1. The van der Waals surface area contributed by atoms with Gasteiger partial charge in [-0.3, -0.25) is 4.79 Å². The summed E-state index contributed by atoms with van der Waals surface area (Å²) in [6.07, 6.45) is -3.19. The summed E-state index contributed by atoms with van der Waals surface area (Å²) >= 11 is 5.68. The Morgan fingerprint density at radius 2 is 1.76 bits per heavy atom. The first-order chi connectivity index (χ1) is 15.1. The maximum atomic E-state index is 13.3. The predicted molar refractivity (Wildman–Crippen MR) is 124 cm³/mol. The number of nitrogens with zero attached hydrogens (tertiary/aromatic N) is 3. The minimum Gasteiger partial charge on any atom is -0.507 e. The Hall–Kier alpha value is -2.45. The summed E-state index contributed by atoms with van der Waals surface area (Å²) in [6, 6.07) is 7.14. The number of rotatable bonds is 3. The molecule has 3 aromatic rings. The third kappa shape index (κ3) is 4.77. The Balaban J connectivity index is 0.00000306. The number of piperidine rings is 1. The van der Waals surface area contributed by atoms with Crippen LogP contribution in [0.1, 0.15) is 35.6 Å². The van der Waals surface area contributed by atoms with Crippen molar-refractivity contribution < 1.29 is 23.1 Å². The van der Waals surface area contributed by atoms with E-state index in [0.717, 1.165) is 17.7 Å². The molecule has 10 heteroatoms. The number of phenolic OH excluding ortho intramolecular Hbond substituents is 1. The Bertz CT molecular complexity index is 1160. The van der Waals surface area contributed by atoms with Crippen LogP contribution in [0.3, 0.4) is 0 Å². The van der Waals surface area contributed by atoms with E-state index in [2.05, 4.69) is 4.98 Å². The van der Waals surface area contributed by atoms with Crippen LogP contribution in [-0.4, -0.2) is 44.4 Å². The van der Waals surface area contributed by atoms with E-state index in [0.29, 0.717) is 48.4 Å². The molecule has 0 aliphatic carbocycles. The molecule has 5 nitrogen and oxygen atoms in total. The van der Waals surface area contributed by atoms with Crippen LogP contribution in [0.15, 0.2) is 30.3 Å². The van der Waals surface area contributed by atoms with Crippen molar-refractivity contribution in [3.63, 3.8) is 0 Å². The predicted octanol–water partition coefficient (Wildman–Crippen LogP) is 5.87. The van der Waals surface area contributed by atoms with Gasteiger partial charge >= 0.3 is 6.18 Å². The van der Waals surface area contributed by atoms with Crippen molar-refractivity contribution >= 4 is 40.9 Å². The third-order valence-electron chi connectivity index (χ3n) is 6.06. The summed E-state index contributed by atoms with van der Waals surface area (Å²) in [5, 5.41) is 10.2. The van der Waals surface area contributed by atoms with Gasteiger partial charge in [-0.05, 0) is 68.1 Å². The summed E-state index contributed by atoms with van der Waals surface area (Å²) in [6.45, 7) is 4.58. The molecule has 0 unspecified atom stereocenters. The van der Waals surface area contributed by atoms with Crippen molar-refractivity contribution in [3.05, 3.63) is 47.0 Å². The molecular formula is C23H24Cl2F3N3O2.